The van der Waals surface area contributed by atoms with Crippen molar-refractivity contribution in [3.05, 3.63) is 71.7 Å². The van der Waals surface area contributed by atoms with Crippen LogP contribution < -0.4 is 5.73 Å². The Hall–Kier alpha value is -2.13. The lowest BCUT2D eigenvalue weighted by Crippen LogP contribution is -2.53. The molecule has 0 aliphatic heterocycles. The molecule has 0 radical (unpaired) electrons. The standard InChI is InChI=1S/C16H15FN2/c17-12-7-5-11(6-8-12)14(9-18)15-10-19-16-4-2-1-3-13(15)16/h1-8,10,14,19H,9,18H2/p+1/t14-/m1/s1. The predicted octanol–water partition coefficient (Wildman–Crippen LogP) is 2.68. The van der Waals surface area contributed by atoms with Gasteiger partial charge in [0.25, 0.3) is 0 Å². The van der Waals surface area contributed by atoms with Gasteiger partial charge in [0.05, 0.1) is 12.5 Å². The number of para-hydroxylation sites is 1. The van der Waals surface area contributed by atoms with E-state index in [9.17, 15) is 4.39 Å². The average Bonchev–Trinajstić information content (AvgIpc) is 2.86. The first-order valence-corrected chi connectivity index (χ1v) is 6.40. The average molecular weight is 255 g/mol. The molecule has 96 valence electrons. The molecule has 2 nitrogen and oxygen atoms in total. The van der Waals surface area contributed by atoms with Crippen molar-refractivity contribution < 1.29 is 10.1 Å². The van der Waals surface area contributed by atoms with Gasteiger partial charge < -0.3 is 10.7 Å². The molecule has 0 unspecified atom stereocenters. The summed E-state index contributed by atoms with van der Waals surface area (Å²) in [6.45, 7) is 0.744. The van der Waals surface area contributed by atoms with E-state index in [4.69, 9.17) is 0 Å². The summed E-state index contributed by atoms with van der Waals surface area (Å²) < 4.78 is 13.0. The lowest BCUT2D eigenvalue weighted by molar-refractivity contribution is -0.370. The number of halogens is 1. The fraction of sp³-hybridized carbons (Fsp3) is 0.125. The Bertz CT molecular complexity index is 685. The van der Waals surface area contributed by atoms with Gasteiger partial charge in [-0.2, -0.15) is 0 Å². The van der Waals surface area contributed by atoms with Gasteiger partial charge in [-0.15, -0.1) is 0 Å². The second kappa shape index (κ2) is 4.86. The number of hydrogen-bond acceptors (Lipinski definition) is 0. The van der Waals surface area contributed by atoms with Crippen molar-refractivity contribution in [2.24, 2.45) is 0 Å². The molecule has 0 aliphatic carbocycles. The summed E-state index contributed by atoms with van der Waals surface area (Å²) in [6, 6.07) is 14.9. The van der Waals surface area contributed by atoms with Gasteiger partial charge in [0.15, 0.2) is 0 Å². The van der Waals surface area contributed by atoms with Crippen LogP contribution in [-0.2, 0) is 0 Å². The summed E-state index contributed by atoms with van der Waals surface area (Å²) in [7, 11) is 0. The summed E-state index contributed by atoms with van der Waals surface area (Å²) >= 11 is 0. The van der Waals surface area contributed by atoms with Crippen LogP contribution in [0.2, 0.25) is 0 Å². The predicted molar refractivity (Wildman–Crippen MR) is 74.3 cm³/mol. The molecule has 0 bridgehead atoms. The number of H-pyrrole nitrogens is 1. The summed E-state index contributed by atoms with van der Waals surface area (Å²) in [6.07, 6.45) is 2.03. The Morgan fingerprint density at radius 2 is 1.79 bits per heavy atom. The van der Waals surface area contributed by atoms with Gasteiger partial charge in [-0.3, -0.25) is 0 Å². The molecule has 1 atom stereocenters. The smallest absolute Gasteiger partial charge is 0.123 e. The number of rotatable bonds is 3. The van der Waals surface area contributed by atoms with Crippen LogP contribution in [0.15, 0.2) is 54.7 Å². The Labute approximate surface area is 111 Å². The van der Waals surface area contributed by atoms with E-state index < -0.39 is 0 Å². The van der Waals surface area contributed by atoms with Crippen LogP contribution in [0.4, 0.5) is 4.39 Å². The van der Waals surface area contributed by atoms with Gasteiger partial charge in [0.1, 0.15) is 5.82 Å². The number of aromatic amines is 1. The number of fused-ring (bicyclic) bond motifs is 1. The van der Waals surface area contributed by atoms with E-state index in [1.165, 1.54) is 23.1 Å². The molecular weight excluding hydrogens is 239 g/mol. The molecule has 0 spiro atoms. The van der Waals surface area contributed by atoms with Crippen molar-refractivity contribution in [1.82, 2.24) is 4.98 Å². The van der Waals surface area contributed by atoms with Gasteiger partial charge in [-0.05, 0) is 29.3 Å². The number of nitrogens with one attached hydrogen (secondary N) is 1. The van der Waals surface area contributed by atoms with E-state index in [1.807, 2.05) is 30.5 Å². The Kier molecular flexibility index (Phi) is 3.05. The van der Waals surface area contributed by atoms with E-state index in [-0.39, 0.29) is 11.7 Å². The Morgan fingerprint density at radius 3 is 2.53 bits per heavy atom. The maximum atomic E-state index is 13.0. The zero-order chi connectivity index (χ0) is 13.2. The molecule has 19 heavy (non-hydrogen) atoms. The summed E-state index contributed by atoms with van der Waals surface area (Å²) in [4.78, 5) is 3.28. The molecule has 0 amide bonds. The van der Waals surface area contributed by atoms with Crippen molar-refractivity contribution in [3.63, 3.8) is 0 Å². The minimum Gasteiger partial charge on any atom is -0.361 e. The SMILES string of the molecule is [NH3+]C[C@H](c1ccc(F)cc1)c1c[nH]c2ccccc12. The van der Waals surface area contributed by atoms with Gasteiger partial charge >= 0.3 is 0 Å². The van der Waals surface area contributed by atoms with Crippen LogP contribution in [0.25, 0.3) is 10.9 Å². The van der Waals surface area contributed by atoms with Gasteiger partial charge in [-0.1, -0.05) is 30.3 Å². The van der Waals surface area contributed by atoms with Crippen molar-refractivity contribution >= 4 is 10.9 Å². The summed E-state index contributed by atoms with van der Waals surface area (Å²) in [5.74, 6) is -0.0118. The maximum absolute atomic E-state index is 13.0. The molecule has 3 rings (SSSR count). The van der Waals surface area contributed by atoms with Crippen molar-refractivity contribution in [2.75, 3.05) is 6.54 Å². The van der Waals surface area contributed by atoms with E-state index >= 15 is 0 Å². The molecule has 1 heterocycles. The molecule has 0 aliphatic rings. The topological polar surface area (TPSA) is 43.4 Å². The van der Waals surface area contributed by atoms with Crippen LogP contribution in [0, 0.1) is 5.82 Å². The molecule has 4 N–H and O–H groups in total. The number of benzene rings is 2. The van der Waals surface area contributed by atoms with Crippen LogP contribution in [-0.4, -0.2) is 11.5 Å². The van der Waals surface area contributed by atoms with Gasteiger partial charge in [0, 0.05) is 17.1 Å². The highest BCUT2D eigenvalue weighted by atomic mass is 19.1. The van der Waals surface area contributed by atoms with Crippen LogP contribution >= 0.6 is 0 Å². The third-order valence-electron chi connectivity index (χ3n) is 3.56. The second-order valence-corrected chi connectivity index (χ2v) is 4.68. The minimum atomic E-state index is -0.203. The summed E-state index contributed by atoms with van der Waals surface area (Å²) in [5, 5.41) is 1.21. The zero-order valence-electron chi connectivity index (χ0n) is 10.6. The number of quaternary nitrogens is 1. The van der Waals surface area contributed by atoms with E-state index in [1.54, 1.807) is 0 Å². The highest BCUT2D eigenvalue weighted by Crippen LogP contribution is 2.29. The van der Waals surface area contributed by atoms with E-state index in [2.05, 4.69) is 22.9 Å². The normalized spacial score (nSPS) is 12.7. The largest absolute Gasteiger partial charge is 0.361 e. The molecule has 0 saturated carbocycles. The third-order valence-corrected chi connectivity index (χ3v) is 3.56. The third kappa shape index (κ3) is 2.13. The quantitative estimate of drug-likeness (QED) is 0.722. The van der Waals surface area contributed by atoms with Crippen LogP contribution in [0.5, 0.6) is 0 Å². The highest BCUT2D eigenvalue weighted by molar-refractivity contribution is 5.84. The lowest BCUT2D eigenvalue weighted by Gasteiger charge is -2.12. The van der Waals surface area contributed by atoms with E-state index in [0.29, 0.717) is 0 Å². The molecule has 0 saturated heterocycles. The fourth-order valence-electron chi connectivity index (χ4n) is 2.58. The van der Waals surface area contributed by atoms with Crippen molar-refractivity contribution in [3.8, 4) is 0 Å². The van der Waals surface area contributed by atoms with Crippen molar-refractivity contribution in [1.29, 1.82) is 0 Å². The number of aromatic nitrogens is 1. The molecule has 1 aromatic heterocycles. The Balaban J connectivity index is 2.09. The maximum Gasteiger partial charge on any atom is 0.123 e. The Morgan fingerprint density at radius 1 is 1.05 bits per heavy atom. The highest BCUT2D eigenvalue weighted by Gasteiger charge is 2.18. The van der Waals surface area contributed by atoms with Gasteiger partial charge in [0.2, 0.25) is 0 Å². The first kappa shape index (κ1) is 11.9. The molecule has 3 heteroatoms. The van der Waals surface area contributed by atoms with E-state index in [0.717, 1.165) is 17.6 Å². The fourth-order valence-corrected chi connectivity index (χ4v) is 2.58. The van der Waals surface area contributed by atoms with Crippen molar-refractivity contribution in [2.45, 2.75) is 5.92 Å². The van der Waals surface area contributed by atoms with Crippen LogP contribution in [0.1, 0.15) is 17.0 Å². The lowest BCUT2D eigenvalue weighted by atomic mass is 9.91. The minimum absolute atomic E-state index is 0.191. The molecule has 0 fully saturated rings. The molecule has 3 aromatic rings. The second-order valence-electron chi connectivity index (χ2n) is 4.68. The molecular formula is C16H16FN2+. The monoisotopic (exact) mass is 255 g/mol. The zero-order valence-corrected chi connectivity index (χ0v) is 10.6. The summed E-state index contributed by atoms with van der Waals surface area (Å²) in [5.41, 5.74) is 7.48. The first-order valence-electron chi connectivity index (χ1n) is 6.40. The van der Waals surface area contributed by atoms with Crippen LogP contribution in [0.3, 0.4) is 0 Å². The first-order chi connectivity index (χ1) is 9.29. The number of hydrogen-bond donors (Lipinski definition) is 2. The molecule has 2 aromatic carbocycles. The van der Waals surface area contributed by atoms with Gasteiger partial charge in [-0.25, -0.2) is 4.39 Å².